The van der Waals surface area contributed by atoms with Gasteiger partial charge in [-0.2, -0.15) is 11.3 Å². The largest absolute Gasteiger partial charge is 0.387 e. The van der Waals surface area contributed by atoms with Crippen molar-refractivity contribution in [3.05, 3.63) is 22.4 Å². The molecule has 2 rings (SSSR count). The summed E-state index contributed by atoms with van der Waals surface area (Å²) in [5, 5.41) is 16.6. The number of rotatable bonds is 6. The van der Waals surface area contributed by atoms with Crippen LogP contribution in [0, 0.1) is 5.92 Å². The maximum absolute atomic E-state index is 12.2. The summed E-state index contributed by atoms with van der Waals surface area (Å²) in [6, 6.07) is 1.85. The molecule has 0 radical (unpaired) electrons. The summed E-state index contributed by atoms with van der Waals surface area (Å²) in [5.41, 5.74) is 0.827. The molecule has 1 saturated heterocycles. The topological polar surface area (TPSA) is 69.6 Å². The highest BCUT2D eigenvalue weighted by Crippen LogP contribution is 2.19. The molecule has 2 N–H and O–H groups in total. The van der Waals surface area contributed by atoms with Gasteiger partial charge >= 0.3 is 0 Å². The van der Waals surface area contributed by atoms with E-state index in [0.29, 0.717) is 13.0 Å². The van der Waals surface area contributed by atoms with Crippen LogP contribution in [0.15, 0.2) is 16.8 Å². The molecule has 1 aliphatic rings. The van der Waals surface area contributed by atoms with Crippen molar-refractivity contribution >= 4 is 23.2 Å². The number of aliphatic hydroxyl groups excluding tert-OH is 1. The number of nitrogens with zero attached hydrogens (tertiary/aromatic N) is 1. The zero-order valence-electron chi connectivity index (χ0n) is 13.0. The monoisotopic (exact) mass is 324 g/mol. The second-order valence-electron chi connectivity index (χ2n) is 5.75. The van der Waals surface area contributed by atoms with Crippen molar-refractivity contribution in [1.82, 2.24) is 10.2 Å². The van der Waals surface area contributed by atoms with E-state index in [0.717, 1.165) is 31.4 Å². The van der Waals surface area contributed by atoms with E-state index >= 15 is 0 Å². The van der Waals surface area contributed by atoms with Gasteiger partial charge in [0.05, 0.1) is 12.0 Å². The predicted octanol–water partition coefficient (Wildman–Crippen LogP) is 1.94. The standard InChI is InChI=1S/C16H24N2O3S/c1-2-4-15(20)18-7-3-5-12(10-18)16(21)17-9-14(19)13-6-8-22-11-13/h6,8,11-12,14,19H,2-5,7,9-10H2,1H3,(H,17,21). The van der Waals surface area contributed by atoms with Crippen molar-refractivity contribution in [2.45, 2.75) is 38.7 Å². The van der Waals surface area contributed by atoms with Crippen LogP contribution >= 0.6 is 11.3 Å². The Hall–Kier alpha value is -1.40. The van der Waals surface area contributed by atoms with E-state index in [9.17, 15) is 14.7 Å². The Bertz CT molecular complexity index is 490. The van der Waals surface area contributed by atoms with E-state index in [2.05, 4.69) is 5.32 Å². The molecular formula is C16H24N2O3S. The van der Waals surface area contributed by atoms with Crippen LogP contribution < -0.4 is 5.32 Å². The van der Waals surface area contributed by atoms with Crippen molar-refractivity contribution < 1.29 is 14.7 Å². The van der Waals surface area contributed by atoms with Crippen LogP contribution in [-0.2, 0) is 9.59 Å². The van der Waals surface area contributed by atoms with Crippen molar-refractivity contribution in [3.8, 4) is 0 Å². The summed E-state index contributed by atoms with van der Waals surface area (Å²) in [6.45, 7) is 3.45. The van der Waals surface area contributed by atoms with Gasteiger partial charge in [0.15, 0.2) is 0 Å². The zero-order valence-corrected chi connectivity index (χ0v) is 13.8. The van der Waals surface area contributed by atoms with E-state index in [4.69, 9.17) is 0 Å². The van der Waals surface area contributed by atoms with Gasteiger partial charge in [0.25, 0.3) is 0 Å². The third kappa shape index (κ3) is 4.55. The number of carbonyl (C=O) groups is 2. The van der Waals surface area contributed by atoms with Crippen LogP contribution in [0.5, 0.6) is 0 Å². The van der Waals surface area contributed by atoms with Crippen LogP contribution in [0.25, 0.3) is 0 Å². The molecule has 122 valence electrons. The molecule has 2 amide bonds. The summed E-state index contributed by atoms with van der Waals surface area (Å²) in [7, 11) is 0. The number of hydrogen-bond acceptors (Lipinski definition) is 4. The van der Waals surface area contributed by atoms with Crippen LogP contribution in [0.4, 0.5) is 0 Å². The minimum absolute atomic E-state index is 0.0664. The van der Waals surface area contributed by atoms with Crippen molar-refractivity contribution in [3.63, 3.8) is 0 Å². The molecule has 5 nitrogen and oxygen atoms in total. The molecule has 1 fully saturated rings. The minimum Gasteiger partial charge on any atom is -0.387 e. The van der Waals surface area contributed by atoms with Gasteiger partial charge in [-0.1, -0.05) is 6.92 Å². The number of aliphatic hydroxyl groups is 1. The third-order valence-electron chi connectivity index (χ3n) is 4.01. The van der Waals surface area contributed by atoms with Crippen molar-refractivity contribution in [2.75, 3.05) is 19.6 Å². The van der Waals surface area contributed by atoms with Gasteiger partial charge in [0.2, 0.25) is 11.8 Å². The number of amides is 2. The Labute approximate surface area is 135 Å². The first-order valence-electron chi connectivity index (χ1n) is 7.87. The van der Waals surface area contributed by atoms with E-state index in [-0.39, 0.29) is 24.3 Å². The van der Waals surface area contributed by atoms with E-state index in [1.54, 1.807) is 4.90 Å². The second-order valence-corrected chi connectivity index (χ2v) is 6.53. The predicted molar refractivity (Wildman–Crippen MR) is 86.5 cm³/mol. The number of carbonyl (C=O) groups excluding carboxylic acids is 2. The maximum Gasteiger partial charge on any atom is 0.225 e. The lowest BCUT2D eigenvalue weighted by Crippen LogP contribution is -2.46. The molecule has 0 aliphatic carbocycles. The normalized spacial score (nSPS) is 19.7. The van der Waals surface area contributed by atoms with Gasteiger partial charge < -0.3 is 15.3 Å². The first-order chi connectivity index (χ1) is 10.6. The van der Waals surface area contributed by atoms with Crippen molar-refractivity contribution in [1.29, 1.82) is 0 Å². The van der Waals surface area contributed by atoms with Crippen LogP contribution in [-0.4, -0.2) is 41.5 Å². The molecule has 0 spiro atoms. The van der Waals surface area contributed by atoms with E-state index in [1.165, 1.54) is 11.3 Å². The van der Waals surface area contributed by atoms with Crippen molar-refractivity contribution in [2.24, 2.45) is 5.92 Å². The Morgan fingerprint density at radius 3 is 3.05 bits per heavy atom. The summed E-state index contributed by atoms with van der Waals surface area (Å²) in [5.74, 6) is -0.0918. The average molecular weight is 324 g/mol. The molecule has 0 saturated carbocycles. The lowest BCUT2D eigenvalue weighted by molar-refractivity contribution is -0.135. The summed E-state index contributed by atoms with van der Waals surface area (Å²) >= 11 is 1.52. The first-order valence-corrected chi connectivity index (χ1v) is 8.81. The quantitative estimate of drug-likeness (QED) is 0.840. The van der Waals surface area contributed by atoms with Gasteiger partial charge in [0.1, 0.15) is 0 Å². The number of thiophene rings is 1. The highest BCUT2D eigenvalue weighted by atomic mass is 32.1. The lowest BCUT2D eigenvalue weighted by atomic mass is 9.96. The molecule has 2 heterocycles. The molecule has 1 aliphatic heterocycles. The second kappa shape index (κ2) is 8.29. The number of likely N-dealkylation sites (tertiary alicyclic amines) is 1. The third-order valence-corrected chi connectivity index (χ3v) is 4.71. The molecule has 1 aromatic rings. The fourth-order valence-corrected chi connectivity index (χ4v) is 3.42. The molecule has 22 heavy (non-hydrogen) atoms. The average Bonchev–Trinajstić information content (AvgIpc) is 3.07. The summed E-state index contributed by atoms with van der Waals surface area (Å²) in [6.07, 6.45) is 2.37. The SMILES string of the molecule is CCCC(=O)N1CCCC(C(=O)NCC(O)c2ccsc2)C1. The first kappa shape index (κ1) is 17.0. The summed E-state index contributed by atoms with van der Waals surface area (Å²) in [4.78, 5) is 26.0. The minimum atomic E-state index is -0.670. The molecular weight excluding hydrogens is 300 g/mol. The van der Waals surface area contributed by atoms with Gasteiger partial charge in [-0.25, -0.2) is 0 Å². The highest BCUT2D eigenvalue weighted by Gasteiger charge is 2.28. The maximum atomic E-state index is 12.2. The van der Waals surface area contributed by atoms with Gasteiger partial charge in [0, 0.05) is 26.1 Å². The number of hydrogen-bond donors (Lipinski definition) is 2. The molecule has 1 aromatic heterocycles. The summed E-state index contributed by atoms with van der Waals surface area (Å²) < 4.78 is 0. The van der Waals surface area contributed by atoms with E-state index < -0.39 is 6.10 Å². The van der Waals surface area contributed by atoms with Crippen LogP contribution in [0.2, 0.25) is 0 Å². The molecule has 6 heteroatoms. The van der Waals surface area contributed by atoms with E-state index in [1.807, 2.05) is 23.8 Å². The smallest absolute Gasteiger partial charge is 0.225 e. The fourth-order valence-electron chi connectivity index (χ4n) is 2.71. The Kier molecular flexibility index (Phi) is 6.39. The Morgan fingerprint density at radius 2 is 2.36 bits per heavy atom. The lowest BCUT2D eigenvalue weighted by Gasteiger charge is -2.32. The molecule has 0 bridgehead atoms. The number of nitrogens with one attached hydrogen (secondary N) is 1. The van der Waals surface area contributed by atoms with Crippen LogP contribution in [0.3, 0.4) is 0 Å². The highest BCUT2D eigenvalue weighted by molar-refractivity contribution is 7.07. The van der Waals surface area contributed by atoms with Gasteiger partial charge in [-0.15, -0.1) is 0 Å². The van der Waals surface area contributed by atoms with Gasteiger partial charge in [-0.05, 0) is 41.7 Å². The Morgan fingerprint density at radius 1 is 1.55 bits per heavy atom. The van der Waals surface area contributed by atoms with Crippen LogP contribution in [0.1, 0.15) is 44.3 Å². The zero-order chi connectivity index (χ0) is 15.9. The fraction of sp³-hybridized carbons (Fsp3) is 0.625. The Balaban J connectivity index is 1.80. The van der Waals surface area contributed by atoms with Gasteiger partial charge in [-0.3, -0.25) is 9.59 Å². The molecule has 2 unspecified atom stereocenters. The number of piperidine rings is 1. The molecule has 0 aromatic carbocycles. The molecule has 2 atom stereocenters.